The van der Waals surface area contributed by atoms with Crippen LogP contribution in [0.15, 0.2) is 47.4 Å². The van der Waals surface area contributed by atoms with Gasteiger partial charge >= 0.3 is 0 Å². The number of nitrogens with zero attached hydrogens (tertiary/aromatic N) is 1. The Hall–Kier alpha value is -2.71. The molecule has 2 aliphatic rings. The molecule has 0 atom stereocenters. The smallest absolute Gasteiger partial charge is 0.238 e. The number of amides is 2. The first kappa shape index (κ1) is 22.5. The highest BCUT2D eigenvalue weighted by molar-refractivity contribution is 7.89. The Morgan fingerprint density at radius 2 is 1.62 bits per heavy atom. The number of rotatable bonds is 5. The first-order chi connectivity index (χ1) is 15.3. The van der Waals surface area contributed by atoms with Crippen molar-refractivity contribution in [3.63, 3.8) is 0 Å². The summed E-state index contributed by atoms with van der Waals surface area (Å²) < 4.78 is 22.7. The van der Waals surface area contributed by atoms with E-state index < -0.39 is 10.0 Å². The van der Waals surface area contributed by atoms with Gasteiger partial charge in [0.1, 0.15) is 0 Å². The molecule has 2 aromatic carbocycles. The molecule has 170 valence electrons. The molecule has 0 radical (unpaired) electrons. The van der Waals surface area contributed by atoms with Crippen molar-refractivity contribution in [3.8, 4) is 0 Å². The summed E-state index contributed by atoms with van der Waals surface area (Å²) in [5, 5.41) is 7.92. The third-order valence-corrected chi connectivity index (χ3v) is 7.37. The number of likely N-dealkylation sites (tertiary alicyclic amines) is 1. The van der Waals surface area contributed by atoms with Gasteiger partial charge in [-0.25, -0.2) is 13.6 Å². The van der Waals surface area contributed by atoms with Gasteiger partial charge in [-0.15, -0.1) is 0 Å². The minimum Gasteiger partial charge on any atom is -0.342 e. The monoisotopic (exact) mass is 455 g/mol. The van der Waals surface area contributed by atoms with Gasteiger partial charge in [0.05, 0.1) is 11.3 Å². The van der Waals surface area contributed by atoms with Crippen LogP contribution in [0.5, 0.6) is 0 Å². The summed E-state index contributed by atoms with van der Waals surface area (Å²) in [5.74, 6) is -0.186. The predicted molar refractivity (Wildman–Crippen MR) is 123 cm³/mol. The van der Waals surface area contributed by atoms with Crippen LogP contribution in [0.25, 0.3) is 0 Å². The lowest BCUT2D eigenvalue weighted by Gasteiger charge is -2.31. The minimum absolute atomic E-state index is 0.00115. The molecule has 1 heterocycles. The maximum Gasteiger partial charge on any atom is 0.238 e. The van der Waals surface area contributed by atoms with Crippen molar-refractivity contribution in [1.82, 2.24) is 4.90 Å². The molecule has 1 aliphatic heterocycles. The van der Waals surface area contributed by atoms with E-state index in [4.69, 9.17) is 5.14 Å². The molecule has 4 rings (SSSR count). The molecule has 7 nitrogen and oxygen atoms in total. The zero-order valence-corrected chi connectivity index (χ0v) is 18.9. The molecule has 0 bridgehead atoms. The second kappa shape index (κ2) is 9.42. The lowest BCUT2D eigenvalue weighted by molar-refractivity contribution is -0.133. The van der Waals surface area contributed by atoms with E-state index in [1.54, 1.807) is 0 Å². The molecule has 1 aliphatic carbocycles. The Balaban J connectivity index is 1.28. The Kier molecular flexibility index (Phi) is 6.62. The van der Waals surface area contributed by atoms with E-state index in [0.29, 0.717) is 38.0 Å². The number of aryl methyl sites for hydroxylation is 2. The summed E-state index contributed by atoms with van der Waals surface area (Å²) in [6, 6.07) is 12.2. The first-order valence-electron chi connectivity index (χ1n) is 11.1. The summed E-state index contributed by atoms with van der Waals surface area (Å²) >= 11 is 0. The summed E-state index contributed by atoms with van der Waals surface area (Å²) in [6.07, 6.45) is 6.32. The second-order valence-corrected chi connectivity index (χ2v) is 10.3. The summed E-state index contributed by atoms with van der Waals surface area (Å²) in [4.78, 5) is 27.2. The van der Waals surface area contributed by atoms with E-state index >= 15 is 0 Å². The van der Waals surface area contributed by atoms with Crippen molar-refractivity contribution in [3.05, 3.63) is 59.2 Å². The van der Waals surface area contributed by atoms with E-state index in [2.05, 4.69) is 23.5 Å². The lowest BCUT2D eigenvalue weighted by Crippen LogP contribution is -2.42. The number of nitrogens with two attached hydrogens (primary N) is 1. The van der Waals surface area contributed by atoms with Crippen LogP contribution < -0.4 is 10.5 Å². The third-order valence-electron chi connectivity index (χ3n) is 6.44. The molecule has 0 aromatic heterocycles. The van der Waals surface area contributed by atoms with Crippen LogP contribution in [-0.2, 0) is 38.9 Å². The molecular weight excluding hydrogens is 426 g/mol. The Morgan fingerprint density at radius 1 is 0.969 bits per heavy atom. The van der Waals surface area contributed by atoms with Crippen LogP contribution in [0.4, 0.5) is 5.69 Å². The second-order valence-electron chi connectivity index (χ2n) is 8.70. The van der Waals surface area contributed by atoms with Gasteiger partial charge in [-0.2, -0.15) is 0 Å². The molecular formula is C24H29N3O4S. The van der Waals surface area contributed by atoms with E-state index in [1.165, 1.54) is 48.2 Å². The minimum atomic E-state index is -3.76. The normalized spacial score (nSPS) is 17.0. The zero-order valence-electron chi connectivity index (χ0n) is 18.0. The van der Waals surface area contributed by atoms with E-state index in [1.807, 2.05) is 4.90 Å². The molecule has 3 N–H and O–H groups in total. The molecule has 2 amide bonds. The van der Waals surface area contributed by atoms with E-state index in [9.17, 15) is 18.0 Å². The first-order valence-corrected chi connectivity index (χ1v) is 12.7. The average molecular weight is 456 g/mol. The van der Waals surface area contributed by atoms with Crippen LogP contribution in [0.3, 0.4) is 0 Å². The summed E-state index contributed by atoms with van der Waals surface area (Å²) in [6.45, 7) is 1.12. The number of hydrogen-bond donors (Lipinski definition) is 2. The Morgan fingerprint density at radius 3 is 2.28 bits per heavy atom. The highest BCUT2D eigenvalue weighted by Gasteiger charge is 2.27. The number of nitrogens with one attached hydrogen (secondary N) is 1. The highest BCUT2D eigenvalue weighted by Crippen LogP contribution is 2.24. The van der Waals surface area contributed by atoms with Gasteiger partial charge in [-0.05, 0) is 79.5 Å². The van der Waals surface area contributed by atoms with E-state index in [0.717, 1.165) is 18.4 Å². The molecule has 32 heavy (non-hydrogen) atoms. The Bertz CT molecular complexity index is 1100. The molecule has 2 aromatic rings. The standard InChI is InChI=1S/C24H29N3O4S/c25-32(30,31)22-9-7-21(8-10-22)26-24(29)19-11-13-27(14-12-19)23(28)16-17-5-6-18-3-1-2-4-20(18)15-17/h5-10,15,19H,1-4,11-14,16H2,(H,26,29)(H2,25,30,31). The zero-order chi connectivity index (χ0) is 22.7. The van der Waals surface area contributed by atoms with Crippen LogP contribution in [0.2, 0.25) is 0 Å². The number of carbonyl (C=O) groups excluding carboxylic acids is 2. The van der Waals surface area contributed by atoms with Crippen molar-refractivity contribution in [1.29, 1.82) is 0 Å². The van der Waals surface area contributed by atoms with Gasteiger partial charge in [0.2, 0.25) is 21.8 Å². The number of piperidine rings is 1. The molecule has 8 heteroatoms. The van der Waals surface area contributed by atoms with Crippen molar-refractivity contribution < 1.29 is 18.0 Å². The van der Waals surface area contributed by atoms with Gasteiger partial charge in [-0.1, -0.05) is 18.2 Å². The SMILES string of the molecule is NS(=O)(=O)c1ccc(NC(=O)C2CCN(C(=O)Cc3ccc4c(c3)CCCC4)CC2)cc1. The number of fused-ring (bicyclic) bond motifs is 1. The molecule has 0 saturated carbocycles. The van der Waals surface area contributed by atoms with Gasteiger partial charge < -0.3 is 10.2 Å². The quantitative estimate of drug-likeness (QED) is 0.722. The van der Waals surface area contributed by atoms with Gasteiger partial charge in [-0.3, -0.25) is 9.59 Å². The van der Waals surface area contributed by atoms with Gasteiger partial charge in [0.15, 0.2) is 0 Å². The fourth-order valence-corrected chi connectivity index (χ4v) is 5.06. The van der Waals surface area contributed by atoms with Crippen LogP contribution in [0, 0.1) is 5.92 Å². The predicted octanol–water partition coefficient (Wildman–Crippen LogP) is 2.63. The molecule has 0 unspecified atom stereocenters. The van der Waals surface area contributed by atoms with Crippen molar-refractivity contribution in [2.45, 2.75) is 49.8 Å². The lowest BCUT2D eigenvalue weighted by atomic mass is 9.89. The third kappa shape index (κ3) is 5.37. The highest BCUT2D eigenvalue weighted by atomic mass is 32.2. The fourth-order valence-electron chi connectivity index (χ4n) is 4.55. The van der Waals surface area contributed by atoms with Gasteiger partial charge in [0.25, 0.3) is 0 Å². The van der Waals surface area contributed by atoms with E-state index in [-0.39, 0.29) is 22.6 Å². The van der Waals surface area contributed by atoms with Crippen LogP contribution >= 0.6 is 0 Å². The number of hydrogen-bond acceptors (Lipinski definition) is 4. The maximum absolute atomic E-state index is 12.8. The number of carbonyl (C=O) groups is 2. The number of anilines is 1. The molecule has 0 spiro atoms. The van der Waals surface area contributed by atoms with Crippen molar-refractivity contribution in [2.24, 2.45) is 11.1 Å². The molecule has 1 saturated heterocycles. The number of primary sulfonamides is 1. The topological polar surface area (TPSA) is 110 Å². The molecule has 1 fully saturated rings. The van der Waals surface area contributed by atoms with Crippen molar-refractivity contribution >= 4 is 27.5 Å². The Labute approximate surface area is 189 Å². The summed E-state index contributed by atoms with van der Waals surface area (Å²) in [7, 11) is -3.76. The largest absolute Gasteiger partial charge is 0.342 e. The summed E-state index contributed by atoms with van der Waals surface area (Å²) in [5.41, 5.74) is 4.39. The van der Waals surface area contributed by atoms with Crippen LogP contribution in [0.1, 0.15) is 42.4 Å². The average Bonchev–Trinajstić information content (AvgIpc) is 2.79. The number of benzene rings is 2. The number of sulfonamides is 1. The van der Waals surface area contributed by atoms with Crippen LogP contribution in [-0.4, -0.2) is 38.2 Å². The fraction of sp³-hybridized carbons (Fsp3) is 0.417. The maximum atomic E-state index is 12.8. The van der Waals surface area contributed by atoms with Crippen molar-refractivity contribution in [2.75, 3.05) is 18.4 Å². The van der Waals surface area contributed by atoms with Gasteiger partial charge in [0, 0.05) is 24.7 Å².